The Morgan fingerprint density at radius 1 is 1.08 bits per heavy atom. The molecule has 0 aliphatic carbocycles. The molecule has 2 atom stereocenters. The Kier molecular flexibility index (Phi) is 3.79. The fraction of sp³-hybridized carbons (Fsp3) is 0.556. The quantitative estimate of drug-likeness (QED) is 0.817. The van der Waals surface area contributed by atoms with Gasteiger partial charge in [0.1, 0.15) is 17.9 Å². The van der Waals surface area contributed by atoms with E-state index in [1.54, 1.807) is 15.9 Å². The Hall–Kier alpha value is -1.95. The lowest BCUT2D eigenvalue weighted by atomic mass is 10.0. The molecule has 3 aliphatic heterocycles. The van der Waals surface area contributed by atoms with Crippen LogP contribution in [0, 0.1) is 12.7 Å². The van der Waals surface area contributed by atoms with Gasteiger partial charge in [0.05, 0.1) is 0 Å². The molecule has 0 radical (unpaired) electrons. The predicted molar refractivity (Wildman–Crippen MR) is 86.7 cm³/mol. The van der Waals surface area contributed by atoms with Crippen LogP contribution in [0.4, 0.5) is 4.39 Å². The van der Waals surface area contributed by atoms with E-state index in [4.69, 9.17) is 0 Å². The maximum absolute atomic E-state index is 14.0. The molecule has 0 aromatic heterocycles. The third kappa shape index (κ3) is 2.49. The minimum Gasteiger partial charge on any atom is -0.329 e. The highest BCUT2D eigenvalue weighted by atomic mass is 19.1. The molecule has 128 valence electrons. The summed E-state index contributed by atoms with van der Waals surface area (Å²) in [5.74, 6) is -0.0568. The van der Waals surface area contributed by atoms with Gasteiger partial charge in [-0.25, -0.2) is 4.39 Å². The van der Waals surface area contributed by atoms with Crippen molar-refractivity contribution >= 4 is 11.8 Å². The molecule has 1 aromatic rings. The van der Waals surface area contributed by atoms with Crippen LogP contribution in [0.25, 0.3) is 0 Å². The number of rotatable bonds is 2. The van der Waals surface area contributed by atoms with Crippen LogP contribution < -0.4 is 0 Å². The van der Waals surface area contributed by atoms with E-state index in [0.29, 0.717) is 38.3 Å². The molecule has 3 aliphatic rings. The standard InChI is InChI=1S/C18H22FN3O2/c1-12-4-5-14(19)13(9-12)10-20-7-8-22-16(11-20)18(24)21-6-2-3-15(21)17(22)23/h4-5,9,15-16H,2-3,6-8,10-11H2,1H3/t15-,16+/m0/s1. The second kappa shape index (κ2) is 5.84. The van der Waals surface area contributed by atoms with E-state index in [9.17, 15) is 14.0 Å². The van der Waals surface area contributed by atoms with Crippen LogP contribution in [0.3, 0.4) is 0 Å². The summed E-state index contributed by atoms with van der Waals surface area (Å²) in [4.78, 5) is 30.9. The minimum absolute atomic E-state index is 0.0616. The highest BCUT2D eigenvalue weighted by Crippen LogP contribution is 2.29. The molecule has 24 heavy (non-hydrogen) atoms. The van der Waals surface area contributed by atoms with Gasteiger partial charge >= 0.3 is 0 Å². The molecular formula is C18H22FN3O2. The second-order valence-corrected chi connectivity index (χ2v) is 7.07. The minimum atomic E-state index is -0.409. The van der Waals surface area contributed by atoms with Crippen molar-refractivity contribution in [3.63, 3.8) is 0 Å². The fourth-order valence-electron chi connectivity index (χ4n) is 4.19. The van der Waals surface area contributed by atoms with Gasteiger partial charge in [0, 0.05) is 38.3 Å². The number of carbonyl (C=O) groups is 2. The van der Waals surface area contributed by atoms with Crippen molar-refractivity contribution in [1.82, 2.24) is 14.7 Å². The number of halogens is 1. The molecule has 3 heterocycles. The van der Waals surface area contributed by atoms with Gasteiger partial charge in [-0.3, -0.25) is 14.5 Å². The van der Waals surface area contributed by atoms with Crippen LogP contribution in [-0.4, -0.2) is 64.8 Å². The first kappa shape index (κ1) is 15.6. The monoisotopic (exact) mass is 331 g/mol. The molecule has 5 nitrogen and oxygen atoms in total. The van der Waals surface area contributed by atoms with E-state index in [-0.39, 0.29) is 23.7 Å². The van der Waals surface area contributed by atoms with Crippen LogP contribution in [0.5, 0.6) is 0 Å². The smallest absolute Gasteiger partial charge is 0.247 e. The Bertz CT molecular complexity index is 693. The third-order valence-electron chi connectivity index (χ3n) is 5.45. The molecule has 2 amide bonds. The number of hydrogen-bond donors (Lipinski definition) is 0. The zero-order valence-corrected chi connectivity index (χ0v) is 13.9. The van der Waals surface area contributed by atoms with Gasteiger partial charge in [0.2, 0.25) is 11.8 Å². The molecule has 6 heteroatoms. The Labute approximate surface area is 141 Å². The number of amides is 2. The highest BCUT2D eigenvalue weighted by Gasteiger charge is 2.49. The summed E-state index contributed by atoms with van der Waals surface area (Å²) in [5.41, 5.74) is 1.67. The lowest BCUT2D eigenvalue weighted by Crippen LogP contribution is -2.68. The number of piperazine rings is 2. The van der Waals surface area contributed by atoms with Crippen LogP contribution in [0.15, 0.2) is 18.2 Å². The summed E-state index contributed by atoms with van der Waals surface area (Å²) in [6.45, 7) is 4.82. The summed E-state index contributed by atoms with van der Waals surface area (Å²) in [6, 6.07) is 4.45. The lowest BCUT2D eigenvalue weighted by molar-refractivity contribution is -0.163. The van der Waals surface area contributed by atoms with E-state index in [0.717, 1.165) is 18.4 Å². The van der Waals surface area contributed by atoms with E-state index < -0.39 is 6.04 Å². The molecular weight excluding hydrogens is 309 g/mol. The molecule has 0 bridgehead atoms. The van der Waals surface area contributed by atoms with Crippen molar-refractivity contribution < 1.29 is 14.0 Å². The molecule has 3 fully saturated rings. The summed E-state index contributed by atoms with van der Waals surface area (Å²) in [6.07, 6.45) is 1.69. The SMILES string of the molecule is Cc1ccc(F)c(CN2CCN3C(=O)[C@@H]4CCCN4C(=O)[C@H]3C2)c1. The largest absolute Gasteiger partial charge is 0.329 e. The van der Waals surface area contributed by atoms with Gasteiger partial charge in [-0.1, -0.05) is 17.7 Å². The third-order valence-corrected chi connectivity index (χ3v) is 5.45. The maximum Gasteiger partial charge on any atom is 0.247 e. The summed E-state index contributed by atoms with van der Waals surface area (Å²) < 4.78 is 14.0. The first-order valence-corrected chi connectivity index (χ1v) is 8.63. The number of fused-ring (bicyclic) bond motifs is 2. The van der Waals surface area contributed by atoms with Crippen LogP contribution in [0.2, 0.25) is 0 Å². The van der Waals surface area contributed by atoms with Gasteiger partial charge in [-0.05, 0) is 25.8 Å². The van der Waals surface area contributed by atoms with E-state index in [1.807, 2.05) is 13.0 Å². The van der Waals surface area contributed by atoms with Crippen LogP contribution >= 0.6 is 0 Å². The molecule has 0 saturated carbocycles. The van der Waals surface area contributed by atoms with Crippen molar-refractivity contribution in [1.29, 1.82) is 0 Å². The van der Waals surface area contributed by atoms with Crippen molar-refractivity contribution in [3.05, 3.63) is 35.1 Å². The Morgan fingerprint density at radius 3 is 2.67 bits per heavy atom. The van der Waals surface area contributed by atoms with Crippen LogP contribution in [0.1, 0.15) is 24.0 Å². The maximum atomic E-state index is 14.0. The van der Waals surface area contributed by atoms with Crippen molar-refractivity contribution in [2.45, 2.75) is 38.4 Å². The number of aryl methyl sites for hydroxylation is 1. The average Bonchev–Trinajstić information content (AvgIpc) is 3.06. The normalized spacial score (nSPS) is 27.4. The average molecular weight is 331 g/mol. The van der Waals surface area contributed by atoms with Gasteiger partial charge in [-0.15, -0.1) is 0 Å². The van der Waals surface area contributed by atoms with E-state index in [2.05, 4.69) is 4.90 Å². The Balaban J connectivity index is 1.51. The van der Waals surface area contributed by atoms with Crippen LogP contribution in [-0.2, 0) is 16.1 Å². The molecule has 0 spiro atoms. The number of hydrogen-bond acceptors (Lipinski definition) is 3. The van der Waals surface area contributed by atoms with Crippen molar-refractivity contribution in [2.24, 2.45) is 0 Å². The van der Waals surface area contributed by atoms with Crippen molar-refractivity contribution in [3.8, 4) is 0 Å². The second-order valence-electron chi connectivity index (χ2n) is 7.07. The van der Waals surface area contributed by atoms with E-state index >= 15 is 0 Å². The summed E-state index contributed by atoms with van der Waals surface area (Å²) in [5, 5.41) is 0. The first-order valence-electron chi connectivity index (χ1n) is 8.63. The molecule has 0 N–H and O–H groups in total. The highest BCUT2D eigenvalue weighted by molar-refractivity contribution is 5.97. The summed E-state index contributed by atoms with van der Waals surface area (Å²) >= 11 is 0. The zero-order chi connectivity index (χ0) is 16.8. The first-order chi connectivity index (χ1) is 11.5. The number of nitrogens with zero attached hydrogens (tertiary/aromatic N) is 3. The number of carbonyl (C=O) groups excluding carboxylic acids is 2. The predicted octanol–water partition coefficient (Wildman–Crippen LogP) is 1.15. The van der Waals surface area contributed by atoms with E-state index in [1.165, 1.54) is 6.07 Å². The molecule has 4 rings (SSSR count). The molecule has 3 saturated heterocycles. The molecule has 0 unspecified atom stereocenters. The Morgan fingerprint density at radius 2 is 1.83 bits per heavy atom. The zero-order valence-electron chi connectivity index (χ0n) is 13.9. The van der Waals surface area contributed by atoms with Gasteiger partial charge in [0.15, 0.2) is 0 Å². The lowest BCUT2D eigenvalue weighted by Gasteiger charge is -2.47. The summed E-state index contributed by atoms with van der Waals surface area (Å²) in [7, 11) is 0. The topological polar surface area (TPSA) is 43.9 Å². The fourth-order valence-corrected chi connectivity index (χ4v) is 4.19. The number of benzene rings is 1. The van der Waals surface area contributed by atoms with Gasteiger partial charge in [-0.2, -0.15) is 0 Å². The van der Waals surface area contributed by atoms with Gasteiger partial charge in [0.25, 0.3) is 0 Å². The molecule has 1 aromatic carbocycles. The van der Waals surface area contributed by atoms with Gasteiger partial charge < -0.3 is 9.80 Å². The van der Waals surface area contributed by atoms with Crippen molar-refractivity contribution in [2.75, 3.05) is 26.2 Å².